The molecule has 9 nitrogen and oxygen atoms in total. The fourth-order valence-corrected chi connectivity index (χ4v) is 3.34. The second kappa shape index (κ2) is 6.01. The second-order valence-corrected chi connectivity index (χ2v) is 6.33. The van der Waals surface area contributed by atoms with Crippen LogP contribution in [0.25, 0.3) is 6.08 Å². The number of carbonyl (C=O) groups excluding carboxylic acids is 2. The monoisotopic (exact) mass is 361 g/mol. The first kappa shape index (κ1) is 16.4. The molecule has 2 aliphatic heterocycles. The summed E-state index contributed by atoms with van der Waals surface area (Å²) in [5.74, 6) is -2.35. The van der Waals surface area contributed by atoms with Crippen molar-refractivity contribution in [2.45, 2.75) is 37.9 Å². The first-order valence-corrected chi connectivity index (χ1v) is 8.24. The van der Waals surface area contributed by atoms with Crippen molar-refractivity contribution < 1.29 is 33.5 Å². The zero-order valence-corrected chi connectivity index (χ0v) is 13.7. The molecule has 26 heavy (non-hydrogen) atoms. The van der Waals surface area contributed by atoms with Gasteiger partial charge in [-0.2, -0.15) is 0 Å². The van der Waals surface area contributed by atoms with Crippen molar-refractivity contribution in [1.82, 2.24) is 0 Å². The summed E-state index contributed by atoms with van der Waals surface area (Å²) in [5.41, 5.74) is -0.675. The van der Waals surface area contributed by atoms with E-state index in [1.807, 2.05) is 0 Å². The molecule has 3 aliphatic rings. The van der Waals surface area contributed by atoms with E-state index in [0.29, 0.717) is 18.6 Å². The minimum atomic E-state index is -1.20. The Labute approximate surface area is 147 Å². The van der Waals surface area contributed by atoms with Crippen LogP contribution in [0.2, 0.25) is 0 Å². The predicted molar refractivity (Wildman–Crippen MR) is 85.2 cm³/mol. The van der Waals surface area contributed by atoms with Gasteiger partial charge in [0.1, 0.15) is 5.57 Å². The molecule has 4 rings (SSSR count). The molecule has 0 amide bonds. The van der Waals surface area contributed by atoms with E-state index in [0.717, 1.165) is 25.3 Å². The van der Waals surface area contributed by atoms with Crippen molar-refractivity contribution in [3.8, 4) is 11.5 Å². The average molecular weight is 361 g/mol. The van der Waals surface area contributed by atoms with E-state index in [1.54, 1.807) is 0 Å². The van der Waals surface area contributed by atoms with E-state index >= 15 is 0 Å². The smallest absolute Gasteiger partial charge is 0.348 e. The molecular weight excluding hydrogens is 346 g/mol. The Morgan fingerprint density at radius 1 is 1.00 bits per heavy atom. The summed E-state index contributed by atoms with van der Waals surface area (Å²) in [6, 6.07) is 2.54. The molecule has 0 aromatic heterocycles. The van der Waals surface area contributed by atoms with Crippen LogP contribution in [0, 0.1) is 10.1 Å². The standard InChI is InChI=1S/C17H15NO8/c19-15-11(16(20)26-17(25-15)4-2-1-3-5-17)6-10-7-13-14(24-9-23-13)8-12(10)18(21)22/h6-8H,1-5,9H2. The third kappa shape index (κ3) is 2.75. The summed E-state index contributed by atoms with van der Waals surface area (Å²) in [5, 5.41) is 11.3. The number of benzene rings is 1. The molecule has 0 unspecified atom stereocenters. The lowest BCUT2D eigenvalue weighted by Gasteiger charge is -2.38. The molecule has 1 saturated heterocycles. The lowest BCUT2D eigenvalue weighted by molar-refractivity contribution is -0.385. The number of fused-ring (bicyclic) bond motifs is 1. The molecule has 2 fully saturated rings. The van der Waals surface area contributed by atoms with Gasteiger partial charge in [0.05, 0.1) is 16.6 Å². The van der Waals surface area contributed by atoms with Crippen molar-refractivity contribution in [3.05, 3.63) is 33.4 Å². The van der Waals surface area contributed by atoms with Crippen molar-refractivity contribution in [2.75, 3.05) is 6.79 Å². The number of hydrogen-bond donors (Lipinski definition) is 0. The maximum atomic E-state index is 12.4. The molecule has 0 atom stereocenters. The average Bonchev–Trinajstić information content (AvgIpc) is 3.05. The molecule has 1 spiro atoms. The van der Waals surface area contributed by atoms with Crippen LogP contribution in [-0.2, 0) is 19.1 Å². The van der Waals surface area contributed by atoms with E-state index in [9.17, 15) is 19.7 Å². The summed E-state index contributed by atoms with van der Waals surface area (Å²) in [6.45, 7) is -0.0564. The van der Waals surface area contributed by atoms with Crippen molar-refractivity contribution in [2.24, 2.45) is 0 Å². The van der Waals surface area contributed by atoms with Crippen LogP contribution in [0.1, 0.15) is 37.7 Å². The lowest BCUT2D eigenvalue weighted by atomic mass is 9.93. The van der Waals surface area contributed by atoms with Crippen molar-refractivity contribution in [1.29, 1.82) is 0 Å². The van der Waals surface area contributed by atoms with Crippen LogP contribution in [0.3, 0.4) is 0 Å². The zero-order chi connectivity index (χ0) is 18.3. The molecule has 1 saturated carbocycles. The van der Waals surface area contributed by atoms with Crippen LogP contribution in [0.4, 0.5) is 5.69 Å². The number of rotatable bonds is 2. The quantitative estimate of drug-likeness (QED) is 0.259. The largest absolute Gasteiger partial charge is 0.454 e. The van der Waals surface area contributed by atoms with Gasteiger partial charge in [-0.05, 0) is 25.0 Å². The molecule has 1 aromatic carbocycles. The highest BCUT2D eigenvalue weighted by Gasteiger charge is 2.46. The molecule has 0 radical (unpaired) electrons. The van der Waals surface area contributed by atoms with Gasteiger partial charge in [-0.3, -0.25) is 10.1 Å². The SMILES string of the molecule is O=C1OC2(CCCCC2)OC(=O)C1=Cc1cc2c(cc1[N+](=O)[O-])OCO2. The van der Waals surface area contributed by atoms with E-state index in [-0.39, 0.29) is 29.4 Å². The lowest BCUT2D eigenvalue weighted by Crippen LogP contribution is -2.47. The van der Waals surface area contributed by atoms with Crippen LogP contribution < -0.4 is 9.47 Å². The van der Waals surface area contributed by atoms with Gasteiger partial charge >= 0.3 is 11.9 Å². The van der Waals surface area contributed by atoms with Gasteiger partial charge in [-0.25, -0.2) is 9.59 Å². The summed E-state index contributed by atoms with van der Waals surface area (Å²) < 4.78 is 21.1. The maximum Gasteiger partial charge on any atom is 0.348 e. The Bertz CT molecular complexity index is 815. The van der Waals surface area contributed by atoms with Crippen LogP contribution >= 0.6 is 0 Å². The number of carbonyl (C=O) groups is 2. The van der Waals surface area contributed by atoms with E-state index in [4.69, 9.17) is 18.9 Å². The molecule has 0 bridgehead atoms. The van der Waals surface area contributed by atoms with Gasteiger partial charge in [0.15, 0.2) is 11.5 Å². The Hall–Kier alpha value is -3.10. The van der Waals surface area contributed by atoms with Gasteiger partial charge in [0.25, 0.3) is 11.5 Å². The Morgan fingerprint density at radius 3 is 2.23 bits per heavy atom. The fraction of sp³-hybridized carbons (Fsp3) is 0.412. The maximum absolute atomic E-state index is 12.4. The highest BCUT2D eigenvalue weighted by atomic mass is 16.7. The Balaban J connectivity index is 1.69. The first-order chi connectivity index (χ1) is 12.5. The molecular formula is C17H15NO8. The van der Waals surface area contributed by atoms with Crippen LogP contribution in [0.5, 0.6) is 11.5 Å². The highest BCUT2D eigenvalue weighted by molar-refractivity contribution is 6.19. The third-order valence-electron chi connectivity index (χ3n) is 4.63. The van der Waals surface area contributed by atoms with Gasteiger partial charge in [-0.1, -0.05) is 6.42 Å². The van der Waals surface area contributed by atoms with E-state index < -0.39 is 22.6 Å². The molecule has 9 heteroatoms. The van der Waals surface area contributed by atoms with Gasteiger partial charge in [0, 0.05) is 12.8 Å². The zero-order valence-electron chi connectivity index (χ0n) is 13.7. The van der Waals surface area contributed by atoms with Crippen LogP contribution in [0.15, 0.2) is 17.7 Å². The van der Waals surface area contributed by atoms with Gasteiger partial charge in [-0.15, -0.1) is 0 Å². The molecule has 2 heterocycles. The summed E-state index contributed by atoms with van der Waals surface area (Å²) >= 11 is 0. The second-order valence-electron chi connectivity index (χ2n) is 6.33. The predicted octanol–water partition coefficient (Wildman–Crippen LogP) is 2.47. The highest BCUT2D eigenvalue weighted by Crippen LogP contribution is 2.40. The van der Waals surface area contributed by atoms with Crippen molar-refractivity contribution in [3.63, 3.8) is 0 Å². The molecule has 1 aliphatic carbocycles. The Kier molecular flexibility index (Phi) is 3.78. The van der Waals surface area contributed by atoms with Gasteiger partial charge in [0.2, 0.25) is 6.79 Å². The van der Waals surface area contributed by atoms with E-state index in [2.05, 4.69) is 0 Å². The number of nitrogens with zero attached hydrogens (tertiary/aromatic N) is 1. The number of hydrogen-bond acceptors (Lipinski definition) is 8. The van der Waals surface area contributed by atoms with Gasteiger partial charge < -0.3 is 18.9 Å². The molecule has 0 N–H and O–H groups in total. The Morgan fingerprint density at radius 2 is 1.62 bits per heavy atom. The number of ether oxygens (including phenoxy) is 4. The van der Waals surface area contributed by atoms with E-state index in [1.165, 1.54) is 12.1 Å². The minimum absolute atomic E-state index is 0.0303. The van der Waals surface area contributed by atoms with Crippen molar-refractivity contribution >= 4 is 23.7 Å². The number of nitro groups is 1. The molecule has 1 aromatic rings. The fourth-order valence-electron chi connectivity index (χ4n) is 3.34. The minimum Gasteiger partial charge on any atom is -0.454 e. The first-order valence-electron chi connectivity index (χ1n) is 8.24. The molecule has 136 valence electrons. The third-order valence-corrected chi connectivity index (χ3v) is 4.63. The summed E-state index contributed by atoms with van der Waals surface area (Å²) in [7, 11) is 0. The summed E-state index contributed by atoms with van der Waals surface area (Å²) in [6.07, 6.45) is 4.60. The van der Waals surface area contributed by atoms with Crippen LogP contribution in [-0.4, -0.2) is 29.4 Å². The number of esters is 2. The summed E-state index contributed by atoms with van der Waals surface area (Å²) in [4.78, 5) is 35.4. The number of nitro benzene ring substituents is 1. The topological polar surface area (TPSA) is 114 Å². The normalized spacial score (nSPS) is 20.5.